The fraction of sp³-hybridized carbons (Fsp3) is 0.615. The van der Waals surface area contributed by atoms with Crippen molar-refractivity contribution in [2.24, 2.45) is 13.0 Å². The van der Waals surface area contributed by atoms with Gasteiger partial charge in [-0.25, -0.2) is 9.67 Å². The fourth-order valence-corrected chi connectivity index (χ4v) is 3.37. The van der Waals surface area contributed by atoms with E-state index in [-0.39, 0.29) is 5.91 Å². The number of likely N-dealkylation sites (tertiary alicyclic amines) is 1. The van der Waals surface area contributed by atoms with Crippen LogP contribution in [0.2, 0.25) is 0 Å². The van der Waals surface area contributed by atoms with E-state index in [1.54, 1.807) is 17.9 Å². The molecule has 0 aliphatic carbocycles. The lowest BCUT2D eigenvalue weighted by atomic mass is 9.97. The van der Waals surface area contributed by atoms with Crippen LogP contribution in [0.3, 0.4) is 0 Å². The largest absolute Gasteiger partial charge is 0.342 e. The fourth-order valence-electron chi connectivity index (χ4n) is 2.62. The molecule has 0 spiro atoms. The quantitative estimate of drug-likeness (QED) is 0.743. The standard InChI is InChI=1S/C13H19N7OS/c1-18-13(15-16-17-18)22-9-12(21)20-5-2-11(3-6-20)8-19-7-4-14-10-19/h4,7,10-11H,2-3,5-6,8-9H2,1H3. The Labute approximate surface area is 132 Å². The van der Waals surface area contributed by atoms with Crippen molar-refractivity contribution in [2.75, 3.05) is 18.8 Å². The van der Waals surface area contributed by atoms with Crippen molar-refractivity contribution in [2.45, 2.75) is 24.5 Å². The highest BCUT2D eigenvalue weighted by Gasteiger charge is 2.23. The third-order valence-electron chi connectivity index (χ3n) is 3.90. The van der Waals surface area contributed by atoms with Gasteiger partial charge >= 0.3 is 0 Å². The van der Waals surface area contributed by atoms with Crippen LogP contribution in [0.25, 0.3) is 0 Å². The van der Waals surface area contributed by atoms with Crippen LogP contribution < -0.4 is 0 Å². The zero-order valence-electron chi connectivity index (χ0n) is 12.5. The molecule has 22 heavy (non-hydrogen) atoms. The van der Waals surface area contributed by atoms with Crippen molar-refractivity contribution in [1.29, 1.82) is 0 Å². The smallest absolute Gasteiger partial charge is 0.233 e. The number of piperidine rings is 1. The molecule has 9 heteroatoms. The molecule has 0 radical (unpaired) electrons. The minimum atomic E-state index is 0.161. The summed E-state index contributed by atoms with van der Waals surface area (Å²) in [7, 11) is 1.77. The van der Waals surface area contributed by atoms with E-state index < -0.39 is 0 Å². The number of aryl methyl sites for hydroxylation is 1. The molecule has 1 aliphatic heterocycles. The zero-order valence-corrected chi connectivity index (χ0v) is 13.3. The van der Waals surface area contributed by atoms with Gasteiger partial charge in [0, 0.05) is 39.1 Å². The number of nitrogens with zero attached hydrogens (tertiary/aromatic N) is 7. The Hall–Kier alpha value is -1.90. The van der Waals surface area contributed by atoms with Crippen LogP contribution in [0.5, 0.6) is 0 Å². The van der Waals surface area contributed by atoms with Crippen molar-refractivity contribution in [3.8, 4) is 0 Å². The first-order valence-electron chi connectivity index (χ1n) is 7.31. The summed E-state index contributed by atoms with van der Waals surface area (Å²) >= 11 is 1.38. The Morgan fingerprint density at radius 2 is 2.23 bits per heavy atom. The highest BCUT2D eigenvalue weighted by atomic mass is 32.2. The number of rotatable bonds is 5. The highest BCUT2D eigenvalue weighted by Crippen LogP contribution is 2.21. The van der Waals surface area contributed by atoms with Crippen molar-refractivity contribution in [1.82, 2.24) is 34.7 Å². The summed E-state index contributed by atoms with van der Waals surface area (Å²) in [5.41, 5.74) is 0. The van der Waals surface area contributed by atoms with Crippen molar-refractivity contribution in [3.63, 3.8) is 0 Å². The molecular formula is C13H19N7OS. The number of thioether (sulfide) groups is 1. The molecule has 2 aromatic rings. The summed E-state index contributed by atoms with van der Waals surface area (Å²) in [6.45, 7) is 2.65. The van der Waals surface area contributed by atoms with Gasteiger partial charge in [0.25, 0.3) is 0 Å². The van der Waals surface area contributed by atoms with E-state index in [0.29, 0.717) is 16.8 Å². The lowest BCUT2D eigenvalue weighted by molar-refractivity contribution is -0.129. The first-order valence-corrected chi connectivity index (χ1v) is 8.29. The molecule has 0 bridgehead atoms. The molecule has 0 saturated carbocycles. The molecule has 3 heterocycles. The summed E-state index contributed by atoms with van der Waals surface area (Å²) in [5.74, 6) is 1.17. The van der Waals surface area contributed by atoms with Gasteiger partial charge in [-0.3, -0.25) is 4.79 Å². The maximum atomic E-state index is 12.2. The van der Waals surface area contributed by atoms with Gasteiger partial charge in [-0.15, -0.1) is 5.10 Å². The van der Waals surface area contributed by atoms with Gasteiger partial charge in [-0.1, -0.05) is 11.8 Å². The van der Waals surface area contributed by atoms with Gasteiger partial charge in [0.1, 0.15) is 0 Å². The Balaban J connectivity index is 1.42. The van der Waals surface area contributed by atoms with Crippen LogP contribution in [-0.4, -0.2) is 59.4 Å². The number of carbonyl (C=O) groups is 1. The molecule has 2 aromatic heterocycles. The molecule has 1 fully saturated rings. The minimum Gasteiger partial charge on any atom is -0.342 e. The van der Waals surface area contributed by atoms with Gasteiger partial charge in [0.05, 0.1) is 12.1 Å². The number of carbonyl (C=O) groups excluding carboxylic acids is 1. The van der Waals surface area contributed by atoms with E-state index in [1.807, 2.05) is 17.4 Å². The van der Waals surface area contributed by atoms with Crippen molar-refractivity contribution in [3.05, 3.63) is 18.7 Å². The van der Waals surface area contributed by atoms with Crippen LogP contribution in [0, 0.1) is 5.92 Å². The molecule has 118 valence electrons. The number of tetrazole rings is 1. The second-order valence-electron chi connectivity index (χ2n) is 5.46. The summed E-state index contributed by atoms with van der Waals surface area (Å²) in [4.78, 5) is 18.3. The molecule has 0 atom stereocenters. The second-order valence-corrected chi connectivity index (χ2v) is 6.40. The summed E-state index contributed by atoms with van der Waals surface area (Å²) in [6, 6.07) is 0. The molecule has 3 rings (SSSR count). The van der Waals surface area contributed by atoms with Crippen LogP contribution in [0.1, 0.15) is 12.8 Å². The average molecular weight is 321 g/mol. The molecule has 0 unspecified atom stereocenters. The SMILES string of the molecule is Cn1nnnc1SCC(=O)N1CCC(Cn2ccnc2)CC1. The van der Waals surface area contributed by atoms with Gasteiger partial charge < -0.3 is 9.47 Å². The van der Waals surface area contributed by atoms with Gasteiger partial charge in [0.15, 0.2) is 0 Å². The Morgan fingerprint density at radius 1 is 1.41 bits per heavy atom. The van der Waals surface area contributed by atoms with Gasteiger partial charge in [-0.2, -0.15) is 0 Å². The van der Waals surface area contributed by atoms with Crippen LogP contribution in [-0.2, 0) is 18.4 Å². The lowest BCUT2D eigenvalue weighted by Gasteiger charge is -2.32. The first-order chi connectivity index (χ1) is 10.7. The third-order valence-corrected chi connectivity index (χ3v) is 4.90. The molecule has 1 saturated heterocycles. The maximum absolute atomic E-state index is 12.2. The zero-order chi connectivity index (χ0) is 15.4. The Morgan fingerprint density at radius 3 is 2.86 bits per heavy atom. The highest BCUT2D eigenvalue weighted by molar-refractivity contribution is 7.99. The second kappa shape index (κ2) is 6.91. The summed E-state index contributed by atoms with van der Waals surface area (Å²) in [5, 5.41) is 11.9. The average Bonchev–Trinajstić information content (AvgIpc) is 3.17. The monoisotopic (exact) mass is 321 g/mol. The maximum Gasteiger partial charge on any atom is 0.233 e. The molecule has 0 aromatic carbocycles. The normalized spacial score (nSPS) is 16.1. The number of hydrogen-bond donors (Lipinski definition) is 0. The summed E-state index contributed by atoms with van der Waals surface area (Å²) < 4.78 is 3.69. The van der Waals surface area contributed by atoms with Gasteiger partial charge in [0.2, 0.25) is 11.1 Å². The molecule has 0 N–H and O–H groups in total. The van der Waals surface area contributed by atoms with E-state index in [9.17, 15) is 4.79 Å². The predicted octanol–water partition coefficient (Wildman–Crippen LogP) is 0.437. The van der Waals surface area contributed by atoms with E-state index >= 15 is 0 Å². The van der Waals surface area contributed by atoms with E-state index in [4.69, 9.17) is 0 Å². The van der Waals surface area contributed by atoms with Crippen LogP contribution in [0.4, 0.5) is 0 Å². The number of imidazole rings is 1. The predicted molar refractivity (Wildman–Crippen MR) is 81.1 cm³/mol. The minimum absolute atomic E-state index is 0.161. The van der Waals surface area contributed by atoms with Crippen LogP contribution >= 0.6 is 11.8 Å². The third kappa shape index (κ3) is 3.65. The number of aromatic nitrogens is 6. The molecule has 1 amide bonds. The Bertz CT molecular complexity index is 604. The van der Waals surface area contributed by atoms with Crippen molar-refractivity contribution >= 4 is 17.7 Å². The van der Waals surface area contributed by atoms with Gasteiger partial charge in [-0.05, 0) is 29.2 Å². The number of amides is 1. The van der Waals surface area contributed by atoms with E-state index in [0.717, 1.165) is 32.5 Å². The van der Waals surface area contributed by atoms with E-state index in [2.05, 4.69) is 25.1 Å². The molecule has 1 aliphatic rings. The lowest BCUT2D eigenvalue weighted by Crippen LogP contribution is -2.40. The number of hydrogen-bond acceptors (Lipinski definition) is 6. The van der Waals surface area contributed by atoms with Crippen LogP contribution in [0.15, 0.2) is 23.9 Å². The summed E-state index contributed by atoms with van der Waals surface area (Å²) in [6.07, 6.45) is 7.73. The Kier molecular flexibility index (Phi) is 4.71. The van der Waals surface area contributed by atoms with Crippen molar-refractivity contribution < 1.29 is 4.79 Å². The first kappa shape index (κ1) is 15.0. The molecular weight excluding hydrogens is 302 g/mol. The topological polar surface area (TPSA) is 81.7 Å². The van der Waals surface area contributed by atoms with E-state index in [1.165, 1.54) is 11.8 Å². The molecule has 8 nitrogen and oxygen atoms in total.